The van der Waals surface area contributed by atoms with E-state index in [4.69, 9.17) is 9.47 Å². The first-order chi connectivity index (χ1) is 13.0. The van der Waals surface area contributed by atoms with Crippen molar-refractivity contribution in [2.24, 2.45) is 0 Å². The van der Waals surface area contributed by atoms with Crippen LogP contribution in [0.3, 0.4) is 0 Å². The summed E-state index contributed by atoms with van der Waals surface area (Å²) in [6, 6.07) is 13.4. The molecule has 5 nitrogen and oxygen atoms in total. The van der Waals surface area contributed by atoms with Crippen molar-refractivity contribution in [2.45, 2.75) is 19.8 Å². The summed E-state index contributed by atoms with van der Waals surface area (Å²) in [6.45, 7) is 2.54. The molecule has 144 valence electrons. The first kappa shape index (κ1) is 20.4. The molecule has 0 spiro atoms. The Morgan fingerprint density at radius 3 is 2.37 bits per heavy atom. The van der Waals surface area contributed by atoms with Gasteiger partial charge in [-0.05, 0) is 43.2 Å². The van der Waals surface area contributed by atoms with Crippen molar-refractivity contribution >= 4 is 11.9 Å². The summed E-state index contributed by atoms with van der Waals surface area (Å²) >= 11 is 0. The van der Waals surface area contributed by atoms with Gasteiger partial charge >= 0.3 is 5.97 Å². The van der Waals surface area contributed by atoms with Crippen LogP contribution in [0.5, 0.6) is 5.75 Å². The van der Waals surface area contributed by atoms with Crippen molar-refractivity contribution in [1.82, 2.24) is 4.90 Å². The van der Waals surface area contributed by atoms with Crippen LogP contribution in [0.25, 0.3) is 0 Å². The van der Waals surface area contributed by atoms with Gasteiger partial charge in [-0.3, -0.25) is 9.59 Å². The zero-order chi connectivity index (χ0) is 19.6. The minimum atomic E-state index is -0.576. The molecule has 0 saturated heterocycles. The molecular weight excluding hydrogens is 349 g/mol. The first-order valence-electron chi connectivity index (χ1n) is 8.87. The number of esters is 1. The van der Waals surface area contributed by atoms with Crippen molar-refractivity contribution in [3.8, 4) is 5.75 Å². The highest BCUT2D eigenvalue weighted by atomic mass is 19.1. The predicted octanol–water partition coefficient (Wildman–Crippen LogP) is 3.47. The monoisotopic (exact) mass is 373 g/mol. The summed E-state index contributed by atoms with van der Waals surface area (Å²) in [5.74, 6) is -0.646. The molecule has 0 heterocycles. The van der Waals surface area contributed by atoms with E-state index in [1.807, 2.05) is 24.3 Å². The predicted molar refractivity (Wildman–Crippen MR) is 100 cm³/mol. The van der Waals surface area contributed by atoms with Crippen molar-refractivity contribution in [1.29, 1.82) is 0 Å². The van der Waals surface area contributed by atoms with Crippen LogP contribution in [0.2, 0.25) is 0 Å². The number of amides is 1. The summed E-state index contributed by atoms with van der Waals surface area (Å²) < 4.78 is 24.1. The molecule has 1 amide bonds. The molecule has 2 aromatic carbocycles. The Labute approximate surface area is 158 Å². The summed E-state index contributed by atoms with van der Waals surface area (Å²) in [6.07, 6.45) is 0.643. The van der Waals surface area contributed by atoms with Crippen LogP contribution in [0.4, 0.5) is 4.39 Å². The molecule has 0 N–H and O–H groups in total. The van der Waals surface area contributed by atoms with E-state index in [0.717, 1.165) is 11.3 Å². The topological polar surface area (TPSA) is 55.8 Å². The highest BCUT2D eigenvalue weighted by molar-refractivity contribution is 5.94. The van der Waals surface area contributed by atoms with Crippen molar-refractivity contribution in [2.75, 3.05) is 26.8 Å². The van der Waals surface area contributed by atoms with Gasteiger partial charge in [0, 0.05) is 13.1 Å². The lowest BCUT2D eigenvalue weighted by Gasteiger charge is -2.23. The summed E-state index contributed by atoms with van der Waals surface area (Å²) in [7, 11) is 1.60. The molecule has 0 radical (unpaired) electrons. The minimum Gasteiger partial charge on any atom is -0.497 e. The molecule has 0 aliphatic heterocycles. The van der Waals surface area contributed by atoms with Gasteiger partial charge in [0.25, 0.3) is 5.91 Å². The van der Waals surface area contributed by atoms with E-state index >= 15 is 0 Å². The van der Waals surface area contributed by atoms with E-state index in [9.17, 15) is 14.0 Å². The lowest BCUT2D eigenvalue weighted by atomic mass is 10.1. The number of carbonyl (C=O) groups excluding carboxylic acids is 2. The molecule has 0 aliphatic carbocycles. The Kier molecular flexibility index (Phi) is 7.79. The SMILES string of the molecule is CCOC(=O)CCN(CCc1ccc(OC)cc1)C(=O)c1ccccc1F. The average Bonchev–Trinajstić information content (AvgIpc) is 2.68. The van der Waals surface area contributed by atoms with Gasteiger partial charge in [0.05, 0.1) is 25.7 Å². The van der Waals surface area contributed by atoms with Crippen LogP contribution in [0.1, 0.15) is 29.3 Å². The molecule has 2 rings (SSSR count). The van der Waals surface area contributed by atoms with E-state index in [0.29, 0.717) is 13.0 Å². The van der Waals surface area contributed by atoms with Crippen molar-refractivity contribution in [3.05, 3.63) is 65.5 Å². The van der Waals surface area contributed by atoms with E-state index in [2.05, 4.69) is 0 Å². The molecule has 0 aliphatic rings. The van der Waals surface area contributed by atoms with Crippen LogP contribution >= 0.6 is 0 Å². The number of ether oxygens (including phenoxy) is 2. The quantitative estimate of drug-likeness (QED) is 0.632. The summed E-state index contributed by atoms with van der Waals surface area (Å²) in [5.41, 5.74) is 1.01. The second-order valence-electron chi connectivity index (χ2n) is 5.93. The normalized spacial score (nSPS) is 10.3. The third-order valence-electron chi connectivity index (χ3n) is 4.11. The zero-order valence-corrected chi connectivity index (χ0v) is 15.6. The summed E-state index contributed by atoms with van der Waals surface area (Å²) in [5, 5.41) is 0. The van der Waals surface area contributed by atoms with E-state index in [1.54, 1.807) is 20.1 Å². The van der Waals surface area contributed by atoms with Gasteiger partial charge in [0.15, 0.2) is 0 Å². The van der Waals surface area contributed by atoms with Gasteiger partial charge in [0.1, 0.15) is 11.6 Å². The Morgan fingerprint density at radius 2 is 1.74 bits per heavy atom. The summed E-state index contributed by atoms with van der Waals surface area (Å²) in [4.78, 5) is 25.9. The smallest absolute Gasteiger partial charge is 0.307 e. The fourth-order valence-electron chi connectivity index (χ4n) is 2.64. The standard InChI is InChI=1S/C21H24FNO4/c1-3-27-20(24)13-15-23(21(25)18-6-4-5-7-19(18)22)14-12-16-8-10-17(26-2)11-9-16/h4-11H,3,12-15H2,1-2H3. The number of methoxy groups -OCH3 is 1. The zero-order valence-electron chi connectivity index (χ0n) is 15.6. The van der Waals surface area contributed by atoms with Crippen LogP contribution in [-0.4, -0.2) is 43.6 Å². The van der Waals surface area contributed by atoms with Gasteiger partial charge in [0.2, 0.25) is 0 Å². The van der Waals surface area contributed by atoms with Gasteiger partial charge in [-0.2, -0.15) is 0 Å². The van der Waals surface area contributed by atoms with Crippen LogP contribution in [-0.2, 0) is 16.0 Å². The number of hydrogen-bond donors (Lipinski definition) is 0. The third-order valence-corrected chi connectivity index (χ3v) is 4.11. The van der Waals surface area contributed by atoms with Gasteiger partial charge < -0.3 is 14.4 Å². The Balaban J connectivity index is 2.09. The number of benzene rings is 2. The lowest BCUT2D eigenvalue weighted by molar-refractivity contribution is -0.143. The number of carbonyl (C=O) groups is 2. The van der Waals surface area contributed by atoms with E-state index in [-0.39, 0.29) is 31.1 Å². The average molecular weight is 373 g/mol. The lowest BCUT2D eigenvalue weighted by Crippen LogP contribution is -2.35. The molecule has 6 heteroatoms. The maximum absolute atomic E-state index is 14.0. The van der Waals surface area contributed by atoms with Gasteiger partial charge in [-0.25, -0.2) is 4.39 Å². The van der Waals surface area contributed by atoms with E-state index < -0.39 is 11.7 Å². The molecule has 0 atom stereocenters. The molecule has 0 unspecified atom stereocenters. The highest BCUT2D eigenvalue weighted by Gasteiger charge is 2.20. The highest BCUT2D eigenvalue weighted by Crippen LogP contribution is 2.14. The van der Waals surface area contributed by atoms with Gasteiger partial charge in [-0.15, -0.1) is 0 Å². The first-order valence-corrected chi connectivity index (χ1v) is 8.87. The van der Waals surface area contributed by atoms with E-state index in [1.165, 1.54) is 23.1 Å². The Hall–Kier alpha value is -2.89. The second kappa shape index (κ2) is 10.3. The van der Waals surface area contributed by atoms with Gasteiger partial charge in [-0.1, -0.05) is 24.3 Å². The minimum absolute atomic E-state index is 0.00362. The largest absolute Gasteiger partial charge is 0.497 e. The molecular formula is C21H24FNO4. The molecule has 0 saturated carbocycles. The Bertz CT molecular complexity index is 761. The van der Waals surface area contributed by atoms with Crippen molar-refractivity contribution in [3.63, 3.8) is 0 Å². The third kappa shape index (κ3) is 6.09. The van der Waals surface area contributed by atoms with Crippen LogP contribution in [0.15, 0.2) is 48.5 Å². The Morgan fingerprint density at radius 1 is 1.04 bits per heavy atom. The van der Waals surface area contributed by atoms with Crippen molar-refractivity contribution < 1.29 is 23.5 Å². The number of halogens is 1. The second-order valence-corrected chi connectivity index (χ2v) is 5.93. The van der Waals surface area contributed by atoms with Crippen LogP contribution < -0.4 is 4.74 Å². The fourth-order valence-corrected chi connectivity index (χ4v) is 2.64. The number of nitrogens with zero attached hydrogens (tertiary/aromatic N) is 1. The molecule has 0 fully saturated rings. The maximum Gasteiger partial charge on any atom is 0.307 e. The fraction of sp³-hybridized carbons (Fsp3) is 0.333. The molecule has 0 bridgehead atoms. The molecule has 0 aromatic heterocycles. The number of rotatable bonds is 9. The molecule has 2 aromatic rings. The number of hydrogen-bond acceptors (Lipinski definition) is 4. The molecule has 27 heavy (non-hydrogen) atoms. The van der Waals surface area contributed by atoms with Crippen LogP contribution in [0, 0.1) is 5.82 Å². The maximum atomic E-state index is 14.0.